The molecule has 0 aliphatic carbocycles. The van der Waals surface area contributed by atoms with Gasteiger partial charge in [0.15, 0.2) is 11.5 Å². The number of amides is 2. The molecule has 1 unspecified atom stereocenters. The lowest BCUT2D eigenvalue weighted by Gasteiger charge is -2.25. The van der Waals surface area contributed by atoms with E-state index in [1.165, 1.54) is 5.01 Å². The van der Waals surface area contributed by atoms with E-state index in [9.17, 15) is 9.59 Å². The maximum atomic E-state index is 13.0. The number of fused-ring (bicyclic) bond motifs is 1. The fourth-order valence-corrected chi connectivity index (χ4v) is 4.34. The fraction of sp³-hybridized carbons (Fsp3) is 0.318. The van der Waals surface area contributed by atoms with Crippen molar-refractivity contribution in [2.45, 2.75) is 25.3 Å². The predicted molar refractivity (Wildman–Crippen MR) is 113 cm³/mol. The Morgan fingerprint density at radius 3 is 2.70 bits per heavy atom. The molecule has 0 radical (unpaired) electrons. The zero-order chi connectivity index (χ0) is 20.7. The van der Waals surface area contributed by atoms with E-state index in [4.69, 9.17) is 9.47 Å². The Bertz CT molecular complexity index is 1040. The van der Waals surface area contributed by atoms with Crippen molar-refractivity contribution in [1.29, 1.82) is 0 Å². The SMILES string of the molecule is O=C(Cc1ccc2c(c1)OCO2)N1CC(N2CCCC2=O)C(c2ccc(Br)cc2)=N1. The van der Waals surface area contributed by atoms with Gasteiger partial charge in [0.05, 0.1) is 24.7 Å². The summed E-state index contributed by atoms with van der Waals surface area (Å²) in [5.74, 6) is 1.35. The molecule has 3 heterocycles. The Morgan fingerprint density at radius 2 is 1.93 bits per heavy atom. The van der Waals surface area contributed by atoms with E-state index in [2.05, 4.69) is 21.0 Å². The summed E-state index contributed by atoms with van der Waals surface area (Å²) in [4.78, 5) is 27.3. The number of halogens is 1. The summed E-state index contributed by atoms with van der Waals surface area (Å²) in [5.41, 5.74) is 2.52. The van der Waals surface area contributed by atoms with Gasteiger partial charge in [-0.25, -0.2) is 5.01 Å². The van der Waals surface area contributed by atoms with Gasteiger partial charge in [-0.05, 0) is 36.2 Å². The summed E-state index contributed by atoms with van der Waals surface area (Å²) in [7, 11) is 0. The topological polar surface area (TPSA) is 71.4 Å². The van der Waals surface area contributed by atoms with Gasteiger partial charge in [0.25, 0.3) is 0 Å². The molecule has 0 saturated carbocycles. The normalized spacial score (nSPS) is 20.1. The van der Waals surface area contributed by atoms with Gasteiger partial charge in [-0.1, -0.05) is 34.1 Å². The molecular weight excluding hydrogens is 450 g/mol. The van der Waals surface area contributed by atoms with Crippen LogP contribution < -0.4 is 9.47 Å². The first kappa shape index (κ1) is 19.1. The molecule has 7 nitrogen and oxygen atoms in total. The Hall–Kier alpha value is -2.87. The summed E-state index contributed by atoms with van der Waals surface area (Å²) in [6, 6.07) is 13.1. The molecule has 8 heteroatoms. The molecule has 1 fully saturated rings. The van der Waals surface area contributed by atoms with Crippen molar-refractivity contribution in [3.63, 3.8) is 0 Å². The first-order valence-electron chi connectivity index (χ1n) is 9.91. The van der Waals surface area contributed by atoms with Crippen LogP contribution in [0.25, 0.3) is 0 Å². The minimum Gasteiger partial charge on any atom is -0.454 e. The maximum absolute atomic E-state index is 13.0. The molecule has 0 aromatic heterocycles. The summed E-state index contributed by atoms with van der Waals surface area (Å²) in [5, 5.41) is 6.15. The second kappa shape index (κ2) is 7.75. The molecule has 0 spiro atoms. The number of carbonyl (C=O) groups excluding carboxylic acids is 2. The van der Waals surface area contributed by atoms with E-state index in [-0.39, 0.29) is 31.1 Å². The van der Waals surface area contributed by atoms with Crippen LogP contribution in [0.1, 0.15) is 24.0 Å². The highest BCUT2D eigenvalue weighted by atomic mass is 79.9. The number of hydrogen-bond acceptors (Lipinski definition) is 5. The van der Waals surface area contributed by atoms with Crippen molar-refractivity contribution >= 4 is 33.5 Å². The molecule has 2 amide bonds. The lowest BCUT2D eigenvalue weighted by atomic mass is 10.0. The molecule has 1 atom stereocenters. The zero-order valence-electron chi connectivity index (χ0n) is 16.2. The first-order valence-corrected chi connectivity index (χ1v) is 10.7. The Balaban J connectivity index is 1.39. The van der Waals surface area contributed by atoms with Crippen LogP contribution >= 0.6 is 15.9 Å². The third-order valence-corrected chi connectivity index (χ3v) is 6.13. The molecular formula is C22H20BrN3O4. The molecule has 0 N–H and O–H groups in total. The second-order valence-corrected chi connectivity index (χ2v) is 8.45. The lowest BCUT2D eigenvalue weighted by molar-refractivity contribution is -0.133. The number of hydrazone groups is 1. The number of benzene rings is 2. The third-order valence-electron chi connectivity index (χ3n) is 5.60. The summed E-state index contributed by atoms with van der Waals surface area (Å²) < 4.78 is 11.7. The van der Waals surface area contributed by atoms with Gasteiger partial charge in [-0.2, -0.15) is 5.10 Å². The second-order valence-electron chi connectivity index (χ2n) is 7.54. The van der Waals surface area contributed by atoms with Crippen LogP contribution in [0.15, 0.2) is 52.0 Å². The average Bonchev–Trinajstić information content (AvgIpc) is 3.47. The highest BCUT2D eigenvalue weighted by Crippen LogP contribution is 2.33. The molecule has 2 aromatic carbocycles. The van der Waals surface area contributed by atoms with Crippen molar-refractivity contribution < 1.29 is 19.1 Å². The van der Waals surface area contributed by atoms with E-state index in [1.54, 1.807) is 0 Å². The largest absolute Gasteiger partial charge is 0.454 e. The Labute approximate surface area is 182 Å². The third kappa shape index (κ3) is 3.56. The van der Waals surface area contributed by atoms with E-state index in [1.807, 2.05) is 47.4 Å². The zero-order valence-corrected chi connectivity index (χ0v) is 17.8. The lowest BCUT2D eigenvalue weighted by Crippen LogP contribution is -2.44. The van der Waals surface area contributed by atoms with Crippen LogP contribution in [0, 0.1) is 0 Å². The Kier molecular flexibility index (Phi) is 4.94. The summed E-state index contributed by atoms with van der Waals surface area (Å²) in [6.45, 7) is 1.27. The standard InChI is InChI=1S/C22H20BrN3O4/c23-16-6-4-15(5-7-16)22-17(25-9-1-2-20(25)27)12-26(24-22)21(28)11-14-3-8-18-19(10-14)30-13-29-18/h3-8,10,17H,1-2,9,11-13H2. The Morgan fingerprint density at radius 1 is 1.13 bits per heavy atom. The van der Waals surface area contributed by atoms with Crippen LogP contribution in [-0.2, 0) is 16.0 Å². The van der Waals surface area contributed by atoms with E-state index >= 15 is 0 Å². The molecule has 1 saturated heterocycles. The number of carbonyl (C=O) groups is 2. The van der Waals surface area contributed by atoms with Gasteiger partial charge in [-0.3, -0.25) is 9.59 Å². The van der Waals surface area contributed by atoms with Gasteiger partial charge in [0, 0.05) is 23.0 Å². The van der Waals surface area contributed by atoms with Gasteiger partial charge >= 0.3 is 0 Å². The quantitative estimate of drug-likeness (QED) is 0.689. The van der Waals surface area contributed by atoms with Crippen LogP contribution in [0.2, 0.25) is 0 Å². The number of rotatable bonds is 4. The molecule has 3 aliphatic heterocycles. The molecule has 0 bridgehead atoms. The molecule has 3 aliphatic rings. The molecule has 5 rings (SSSR count). The highest BCUT2D eigenvalue weighted by Gasteiger charge is 2.38. The minimum atomic E-state index is -0.220. The molecule has 30 heavy (non-hydrogen) atoms. The van der Waals surface area contributed by atoms with Crippen molar-refractivity contribution in [3.05, 3.63) is 58.1 Å². The van der Waals surface area contributed by atoms with Crippen molar-refractivity contribution in [2.24, 2.45) is 5.10 Å². The first-order chi connectivity index (χ1) is 14.6. The monoisotopic (exact) mass is 469 g/mol. The summed E-state index contributed by atoms with van der Waals surface area (Å²) in [6.07, 6.45) is 1.60. The van der Waals surface area contributed by atoms with Gasteiger partial charge < -0.3 is 14.4 Å². The number of nitrogens with zero attached hydrogens (tertiary/aromatic N) is 3. The highest BCUT2D eigenvalue weighted by molar-refractivity contribution is 9.10. The number of likely N-dealkylation sites (tertiary alicyclic amines) is 1. The summed E-state index contributed by atoms with van der Waals surface area (Å²) >= 11 is 3.45. The fourth-order valence-electron chi connectivity index (χ4n) is 4.08. The smallest absolute Gasteiger partial charge is 0.247 e. The van der Waals surface area contributed by atoms with Gasteiger partial charge in [0.2, 0.25) is 18.6 Å². The molecule has 154 valence electrons. The van der Waals surface area contributed by atoms with Crippen molar-refractivity contribution in [3.8, 4) is 11.5 Å². The van der Waals surface area contributed by atoms with Crippen LogP contribution in [0.4, 0.5) is 0 Å². The number of ether oxygens (including phenoxy) is 2. The van der Waals surface area contributed by atoms with Gasteiger partial charge in [0.1, 0.15) is 0 Å². The van der Waals surface area contributed by atoms with E-state index < -0.39 is 0 Å². The molecule has 2 aromatic rings. The van der Waals surface area contributed by atoms with E-state index in [0.717, 1.165) is 27.7 Å². The van der Waals surface area contributed by atoms with Crippen LogP contribution in [0.5, 0.6) is 11.5 Å². The van der Waals surface area contributed by atoms with Crippen molar-refractivity contribution in [1.82, 2.24) is 9.91 Å². The van der Waals surface area contributed by atoms with Crippen LogP contribution in [0.3, 0.4) is 0 Å². The van der Waals surface area contributed by atoms with E-state index in [0.29, 0.717) is 31.0 Å². The maximum Gasteiger partial charge on any atom is 0.247 e. The average molecular weight is 470 g/mol. The minimum absolute atomic E-state index is 0.113. The van der Waals surface area contributed by atoms with Crippen molar-refractivity contribution in [2.75, 3.05) is 19.9 Å². The van der Waals surface area contributed by atoms with Gasteiger partial charge in [-0.15, -0.1) is 0 Å². The predicted octanol–water partition coefficient (Wildman–Crippen LogP) is 2.96. The van der Waals surface area contributed by atoms with Crippen LogP contribution in [-0.4, -0.2) is 53.4 Å². The number of hydrogen-bond donors (Lipinski definition) is 0.